The van der Waals surface area contributed by atoms with Crippen molar-refractivity contribution in [2.24, 2.45) is 0 Å². The molecule has 5 heteroatoms. The second kappa shape index (κ2) is 6.92. The first-order valence-corrected chi connectivity index (χ1v) is 8.24. The van der Waals surface area contributed by atoms with E-state index in [0.717, 1.165) is 36.8 Å². The number of aromatic nitrogens is 2. The van der Waals surface area contributed by atoms with Crippen molar-refractivity contribution in [3.63, 3.8) is 0 Å². The second-order valence-corrected chi connectivity index (χ2v) is 6.06. The Bertz CT molecular complexity index is 628. The first kappa shape index (κ1) is 15.0. The molecular weight excluding hydrogens is 276 g/mol. The monoisotopic (exact) mass is 300 g/mol. The summed E-state index contributed by atoms with van der Waals surface area (Å²) in [6.45, 7) is 5.56. The molecule has 0 atom stereocenters. The number of para-hydroxylation sites is 1. The molecule has 1 amide bonds. The van der Waals surface area contributed by atoms with Crippen molar-refractivity contribution >= 4 is 16.8 Å². The summed E-state index contributed by atoms with van der Waals surface area (Å²) in [6.07, 6.45) is 4.55. The number of benzene rings is 1. The highest BCUT2D eigenvalue weighted by atomic mass is 16.2. The van der Waals surface area contributed by atoms with Crippen molar-refractivity contribution in [1.29, 1.82) is 0 Å². The van der Waals surface area contributed by atoms with Crippen molar-refractivity contribution in [2.45, 2.75) is 38.6 Å². The number of aromatic amines is 1. The van der Waals surface area contributed by atoms with Gasteiger partial charge in [-0.3, -0.25) is 9.89 Å². The molecule has 22 heavy (non-hydrogen) atoms. The molecule has 2 heterocycles. The zero-order chi connectivity index (χ0) is 15.4. The van der Waals surface area contributed by atoms with Crippen molar-refractivity contribution < 1.29 is 4.79 Å². The highest BCUT2D eigenvalue weighted by Gasteiger charge is 2.22. The molecule has 0 radical (unpaired) electrons. The van der Waals surface area contributed by atoms with Crippen molar-refractivity contribution in [1.82, 2.24) is 20.4 Å². The zero-order valence-electron chi connectivity index (χ0n) is 13.1. The molecule has 2 N–H and O–H groups in total. The van der Waals surface area contributed by atoms with Gasteiger partial charge in [0.1, 0.15) is 0 Å². The number of H-pyrrole nitrogens is 1. The van der Waals surface area contributed by atoms with Crippen molar-refractivity contribution in [2.75, 3.05) is 19.6 Å². The molecule has 0 unspecified atom stereocenters. The van der Waals surface area contributed by atoms with E-state index in [4.69, 9.17) is 0 Å². The number of carbonyl (C=O) groups excluding carboxylic acids is 1. The average Bonchev–Trinajstić information content (AvgIpc) is 2.98. The molecule has 3 rings (SSSR count). The van der Waals surface area contributed by atoms with E-state index >= 15 is 0 Å². The minimum Gasteiger partial charge on any atom is -0.348 e. The third-order valence-electron chi connectivity index (χ3n) is 4.44. The lowest BCUT2D eigenvalue weighted by Crippen LogP contribution is -2.44. The third kappa shape index (κ3) is 3.30. The van der Waals surface area contributed by atoms with E-state index in [1.807, 2.05) is 24.3 Å². The third-order valence-corrected chi connectivity index (χ3v) is 4.44. The van der Waals surface area contributed by atoms with E-state index in [-0.39, 0.29) is 11.9 Å². The Hall–Kier alpha value is -1.88. The summed E-state index contributed by atoms with van der Waals surface area (Å²) >= 11 is 0. The molecule has 0 spiro atoms. The molecule has 5 nitrogen and oxygen atoms in total. The van der Waals surface area contributed by atoms with Gasteiger partial charge in [0.05, 0.1) is 5.52 Å². The van der Waals surface area contributed by atoms with Crippen LogP contribution in [0.3, 0.4) is 0 Å². The molecule has 1 aliphatic heterocycles. The van der Waals surface area contributed by atoms with E-state index in [9.17, 15) is 4.79 Å². The molecular formula is C17H24N4O. The second-order valence-electron chi connectivity index (χ2n) is 6.06. The topological polar surface area (TPSA) is 61.0 Å². The summed E-state index contributed by atoms with van der Waals surface area (Å²) in [5, 5.41) is 11.1. The molecule has 1 fully saturated rings. The summed E-state index contributed by atoms with van der Waals surface area (Å²) in [5.41, 5.74) is 1.41. The van der Waals surface area contributed by atoms with Crippen LogP contribution >= 0.6 is 0 Å². The maximum absolute atomic E-state index is 12.4. The maximum atomic E-state index is 12.4. The van der Waals surface area contributed by atoms with Gasteiger partial charge in [0.15, 0.2) is 5.69 Å². The number of likely N-dealkylation sites (tertiary alicyclic amines) is 1. The fraction of sp³-hybridized carbons (Fsp3) is 0.529. The summed E-state index contributed by atoms with van der Waals surface area (Å²) in [7, 11) is 0. The predicted octanol–water partition coefficient (Wildman–Crippen LogP) is 2.56. The summed E-state index contributed by atoms with van der Waals surface area (Å²) in [6, 6.07) is 8.00. The van der Waals surface area contributed by atoms with Crippen LogP contribution in [0.4, 0.5) is 0 Å². The standard InChI is InChI=1S/C17H24N4O/c1-2-3-10-21-11-8-13(9-12-21)18-17(22)16-14-6-4-5-7-15(14)19-20-16/h4-7,13H,2-3,8-12H2,1H3,(H,18,22)(H,19,20). The summed E-state index contributed by atoms with van der Waals surface area (Å²) in [5.74, 6) is -0.0653. The van der Waals surface area contributed by atoms with Crippen LogP contribution in [-0.4, -0.2) is 46.7 Å². The maximum Gasteiger partial charge on any atom is 0.272 e. The van der Waals surface area contributed by atoms with Gasteiger partial charge in [-0.05, 0) is 31.9 Å². The van der Waals surface area contributed by atoms with Crippen LogP contribution in [0.25, 0.3) is 10.9 Å². The molecule has 0 bridgehead atoms. The SMILES string of the molecule is CCCCN1CCC(NC(=O)c2n[nH]c3ccccc23)CC1. The minimum atomic E-state index is -0.0653. The quantitative estimate of drug-likeness (QED) is 0.892. The number of nitrogens with one attached hydrogen (secondary N) is 2. The average molecular weight is 300 g/mol. The van der Waals surface area contributed by atoms with Crippen LogP contribution in [-0.2, 0) is 0 Å². The van der Waals surface area contributed by atoms with Crippen molar-refractivity contribution in [3.05, 3.63) is 30.0 Å². The fourth-order valence-corrected chi connectivity index (χ4v) is 3.07. The Morgan fingerprint density at radius 2 is 2.14 bits per heavy atom. The highest BCUT2D eigenvalue weighted by molar-refractivity contribution is 6.04. The van der Waals surface area contributed by atoms with Crippen LogP contribution in [0.2, 0.25) is 0 Å². The van der Waals surface area contributed by atoms with Gasteiger partial charge in [0, 0.05) is 24.5 Å². The lowest BCUT2D eigenvalue weighted by atomic mass is 10.0. The van der Waals surface area contributed by atoms with Gasteiger partial charge in [-0.1, -0.05) is 31.5 Å². The van der Waals surface area contributed by atoms with Crippen LogP contribution in [0.1, 0.15) is 43.1 Å². The Kier molecular flexibility index (Phi) is 4.73. The smallest absolute Gasteiger partial charge is 0.272 e. The van der Waals surface area contributed by atoms with Gasteiger partial charge >= 0.3 is 0 Å². The van der Waals surface area contributed by atoms with E-state index in [0.29, 0.717) is 5.69 Å². The van der Waals surface area contributed by atoms with Gasteiger partial charge in [-0.15, -0.1) is 0 Å². The number of unbranched alkanes of at least 4 members (excludes halogenated alkanes) is 1. The first-order chi connectivity index (χ1) is 10.8. The van der Waals surface area contributed by atoms with Crippen molar-refractivity contribution in [3.8, 4) is 0 Å². The number of amides is 1. The highest BCUT2D eigenvalue weighted by Crippen LogP contribution is 2.16. The number of carbonyl (C=O) groups is 1. The van der Waals surface area contributed by atoms with Crippen LogP contribution < -0.4 is 5.32 Å². The molecule has 1 aromatic carbocycles. The van der Waals surface area contributed by atoms with E-state index < -0.39 is 0 Å². The summed E-state index contributed by atoms with van der Waals surface area (Å²) < 4.78 is 0. The lowest BCUT2D eigenvalue weighted by Gasteiger charge is -2.32. The van der Waals surface area contributed by atoms with Gasteiger partial charge in [-0.25, -0.2) is 0 Å². The number of rotatable bonds is 5. The van der Waals surface area contributed by atoms with Gasteiger partial charge in [-0.2, -0.15) is 5.10 Å². The number of piperidine rings is 1. The Balaban J connectivity index is 1.57. The predicted molar refractivity (Wildman–Crippen MR) is 87.9 cm³/mol. The zero-order valence-corrected chi connectivity index (χ0v) is 13.1. The van der Waals surface area contributed by atoms with E-state index in [2.05, 4.69) is 27.3 Å². The largest absolute Gasteiger partial charge is 0.348 e. The normalized spacial score (nSPS) is 17.0. The number of hydrogen-bond donors (Lipinski definition) is 2. The van der Waals surface area contributed by atoms with E-state index in [1.54, 1.807) is 0 Å². The molecule has 0 aliphatic carbocycles. The molecule has 1 saturated heterocycles. The van der Waals surface area contributed by atoms with Crippen LogP contribution in [0.5, 0.6) is 0 Å². The van der Waals surface area contributed by atoms with Gasteiger partial charge in [0.2, 0.25) is 0 Å². The van der Waals surface area contributed by atoms with E-state index in [1.165, 1.54) is 19.4 Å². The summed E-state index contributed by atoms with van der Waals surface area (Å²) in [4.78, 5) is 14.9. The minimum absolute atomic E-state index is 0.0653. The lowest BCUT2D eigenvalue weighted by molar-refractivity contribution is 0.0907. The molecule has 118 valence electrons. The molecule has 1 aliphatic rings. The van der Waals surface area contributed by atoms with Gasteiger partial charge < -0.3 is 10.2 Å². The van der Waals surface area contributed by atoms with Crippen LogP contribution in [0, 0.1) is 0 Å². The molecule has 2 aromatic rings. The Labute approximate surface area is 131 Å². The Morgan fingerprint density at radius 3 is 2.91 bits per heavy atom. The van der Waals surface area contributed by atoms with Crippen LogP contribution in [0.15, 0.2) is 24.3 Å². The van der Waals surface area contributed by atoms with Gasteiger partial charge in [0.25, 0.3) is 5.91 Å². The molecule has 0 saturated carbocycles. The fourth-order valence-electron chi connectivity index (χ4n) is 3.07. The molecule has 1 aromatic heterocycles. The Morgan fingerprint density at radius 1 is 1.36 bits per heavy atom. The number of hydrogen-bond acceptors (Lipinski definition) is 3. The first-order valence-electron chi connectivity index (χ1n) is 8.24. The number of nitrogens with zero attached hydrogens (tertiary/aromatic N) is 2. The number of fused-ring (bicyclic) bond motifs is 1.